The number of fused-ring (bicyclic) bond motifs is 1. The maximum Gasteiger partial charge on any atom is 0.322 e. The molecule has 0 saturated carbocycles. The third-order valence-electron chi connectivity index (χ3n) is 5.54. The SMILES string of the molecule is COc1ccc2c(c1)C(=O)N(C[C@@H](C#Cc1cccc(N3CCSCC3)n1)NC(=O)NC=O)C2. The van der Waals surface area contributed by atoms with Gasteiger partial charge in [-0.3, -0.25) is 14.9 Å². The molecule has 2 N–H and O–H groups in total. The van der Waals surface area contributed by atoms with Gasteiger partial charge in [0.05, 0.1) is 13.7 Å². The number of nitrogens with zero attached hydrogens (tertiary/aromatic N) is 3. The van der Waals surface area contributed by atoms with Crippen LogP contribution in [0.2, 0.25) is 0 Å². The smallest absolute Gasteiger partial charge is 0.322 e. The molecule has 0 spiro atoms. The van der Waals surface area contributed by atoms with Gasteiger partial charge in [-0.25, -0.2) is 9.78 Å². The minimum atomic E-state index is -0.711. The molecule has 0 bridgehead atoms. The summed E-state index contributed by atoms with van der Waals surface area (Å²) in [5, 5.41) is 4.70. The summed E-state index contributed by atoms with van der Waals surface area (Å²) in [5.74, 6) is 9.46. The first-order valence-electron chi connectivity index (χ1n) is 10.9. The Morgan fingerprint density at radius 1 is 1.29 bits per heavy atom. The van der Waals surface area contributed by atoms with Gasteiger partial charge in [-0.1, -0.05) is 18.1 Å². The minimum absolute atomic E-state index is 0.151. The van der Waals surface area contributed by atoms with Crippen LogP contribution in [0, 0.1) is 11.8 Å². The first-order chi connectivity index (χ1) is 16.6. The lowest BCUT2D eigenvalue weighted by Gasteiger charge is -2.27. The Balaban J connectivity index is 1.51. The lowest BCUT2D eigenvalue weighted by molar-refractivity contribution is -0.108. The third-order valence-corrected chi connectivity index (χ3v) is 6.48. The molecule has 0 unspecified atom stereocenters. The normalized spacial score (nSPS) is 15.6. The summed E-state index contributed by atoms with van der Waals surface area (Å²) in [7, 11) is 1.55. The molecule has 2 aliphatic heterocycles. The van der Waals surface area contributed by atoms with Gasteiger partial charge in [0.15, 0.2) is 0 Å². The minimum Gasteiger partial charge on any atom is -0.497 e. The number of pyridine rings is 1. The Labute approximate surface area is 202 Å². The maximum atomic E-state index is 12.9. The van der Waals surface area contributed by atoms with Crippen LogP contribution in [0.5, 0.6) is 5.75 Å². The molecule has 2 aliphatic rings. The van der Waals surface area contributed by atoms with E-state index in [-0.39, 0.29) is 12.5 Å². The second kappa shape index (κ2) is 10.9. The molecule has 9 nitrogen and oxygen atoms in total. The molecule has 1 saturated heterocycles. The fourth-order valence-electron chi connectivity index (χ4n) is 3.84. The van der Waals surface area contributed by atoms with Gasteiger partial charge in [0.25, 0.3) is 5.91 Å². The zero-order chi connectivity index (χ0) is 23.9. The van der Waals surface area contributed by atoms with E-state index < -0.39 is 12.1 Å². The zero-order valence-corrected chi connectivity index (χ0v) is 19.6. The van der Waals surface area contributed by atoms with E-state index in [2.05, 4.69) is 32.4 Å². The number of anilines is 1. The molecular weight excluding hydrogens is 454 g/mol. The van der Waals surface area contributed by atoms with E-state index in [0.717, 1.165) is 36.0 Å². The van der Waals surface area contributed by atoms with Crippen molar-refractivity contribution in [2.75, 3.05) is 43.1 Å². The van der Waals surface area contributed by atoms with Crippen LogP contribution in [-0.2, 0) is 11.3 Å². The van der Waals surface area contributed by atoms with Crippen LogP contribution >= 0.6 is 11.8 Å². The van der Waals surface area contributed by atoms with Gasteiger partial charge in [-0.05, 0) is 35.7 Å². The average molecular weight is 480 g/mol. The summed E-state index contributed by atoms with van der Waals surface area (Å²) in [6, 6.07) is 9.65. The highest BCUT2D eigenvalue weighted by Gasteiger charge is 2.29. The molecule has 1 aromatic heterocycles. The van der Waals surface area contributed by atoms with Crippen molar-refractivity contribution in [2.45, 2.75) is 12.6 Å². The van der Waals surface area contributed by atoms with E-state index in [1.165, 1.54) is 0 Å². The Kier molecular flexibility index (Phi) is 7.54. The number of methoxy groups -OCH3 is 1. The topological polar surface area (TPSA) is 104 Å². The highest BCUT2D eigenvalue weighted by molar-refractivity contribution is 7.99. The van der Waals surface area contributed by atoms with E-state index in [1.54, 1.807) is 24.1 Å². The second-order valence-electron chi connectivity index (χ2n) is 7.75. The number of benzene rings is 1. The van der Waals surface area contributed by atoms with Crippen molar-refractivity contribution in [3.63, 3.8) is 0 Å². The van der Waals surface area contributed by atoms with E-state index in [4.69, 9.17) is 4.74 Å². The quantitative estimate of drug-likeness (QED) is 0.478. The number of carbonyl (C=O) groups excluding carboxylic acids is 3. The first-order valence-corrected chi connectivity index (χ1v) is 12.0. The number of hydrogen-bond donors (Lipinski definition) is 2. The Hall–Kier alpha value is -3.71. The lowest BCUT2D eigenvalue weighted by atomic mass is 10.1. The van der Waals surface area contributed by atoms with Crippen molar-refractivity contribution < 1.29 is 19.1 Å². The molecule has 4 rings (SSSR count). The number of carbonyl (C=O) groups is 3. The summed E-state index contributed by atoms with van der Waals surface area (Å²) in [4.78, 5) is 44.1. The summed E-state index contributed by atoms with van der Waals surface area (Å²) in [5.41, 5.74) is 2.01. The molecule has 1 fully saturated rings. The average Bonchev–Trinajstić information content (AvgIpc) is 3.17. The molecule has 0 radical (unpaired) electrons. The van der Waals surface area contributed by atoms with Gasteiger partial charge in [-0.2, -0.15) is 11.8 Å². The Morgan fingerprint density at radius 3 is 2.88 bits per heavy atom. The van der Waals surface area contributed by atoms with Crippen LogP contribution in [0.4, 0.5) is 10.6 Å². The Morgan fingerprint density at radius 2 is 2.12 bits per heavy atom. The van der Waals surface area contributed by atoms with E-state index in [0.29, 0.717) is 30.0 Å². The molecule has 2 aromatic rings. The largest absolute Gasteiger partial charge is 0.497 e. The third kappa shape index (κ3) is 5.61. The van der Waals surface area contributed by atoms with E-state index >= 15 is 0 Å². The first kappa shape index (κ1) is 23.4. The van der Waals surface area contributed by atoms with Gasteiger partial charge in [0.2, 0.25) is 6.41 Å². The zero-order valence-electron chi connectivity index (χ0n) is 18.7. The molecule has 1 aromatic carbocycles. The molecule has 4 amide bonds. The molecule has 34 heavy (non-hydrogen) atoms. The highest BCUT2D eigenvalue weighted by Crippen LogP contribution is 2.26. The number of nitrogens with one attached hydrogen (secondary N) is 2. The van der Waals surface area contributed by atoms with Crippen molar-refractivity contribution in [2.24, 2.45) is 0 Å². The fourth-order valence-corrected chi connectivity index (χ4v) is 4.74. The second-order valence-corrected chi connectivity index (χ2v) is 8.97. The van der Waals surface area contributed by atoms with Crippen LogP contribution in [0.25, 0.3) is 0 Å². The van der Waals surface area contributed by atoms with Crippen molar-refractivity contribution in [1.82, 2.24) is 20.5 Å². The van der Waals surface area contributed by atoms with E-state index in [9.17, 15) is 14.4 Å². The molecule has 1 atom stereocenters. The molecule has 176 valence electrons. The summed E-state index contributed by atoms with van der Waals surface area (Å²) >= 11 is 1.93. The van der Waals surface area contributed by atoms with Crippen LogP contribution in [-0.4, -0.2) is 72.5 Å². The van der Waals surface area contributed by atoms with Crippen molar-refractivity contribution >= 4 is 35.9 Å². The van der Waals surface area contributed by atoms with Crippen LogP contribution in [0.1, 0.15) is 21.6 Å². The van der Waals surface area contributed by atoms with Crippen LogP contribution in [0.15, 0.2) is 36.4 Å². The number of ether oxygens (including phenoxy) is 1. The van der Waals surface area contributed by atoms with E-state index in [1.807, 2.05) is 36.0 Å². The summed E-state index contributed by atoms with van der Waals surface area (Å²) in [6.07, 6.45) is 0.297. The molecule has 3 heterocycles. The van der Waals surface area contributed by atoms with Gasteiger partial charge < -0.3 is 19.9 Å². The van der Waals surface area contributed by atoms with Gasteiger partial charge >= 0.3 is 6.03 Å². The fraction of sp³-hybridized carbons (Fsp3) is 0.333. The number of aromatic nitrogens is 1. The number of amides is 4. The van der Waals surface area contributed by atoms with Gasteiger partial charge in [0.1, 0.15) is 23.3 Å². The number of thioether (sulfide) groups is 1. The number of urea groups is 1. The van der Waals surface area contributed by atoms with Crippen molar-refractivity contribution in [3.8, 4) is 17.6 Å². The van der Waals surface area contributed by atoms with Crippen molar-refractivity contribution in [3.05, 3.63) is 53.2 Å². The number of rotatable bonds is 6. The summed E-state index contributed by atoms with van der Waals surface area (Å²) < 4.78 is 5.22. The number of hydrogen-bond acceptors (Lipinski definition) is 7. The summed E-state index contributed by atoms with van der Waals surface area (Å²) in [6.45, 7) is 2.42. The lowest BCUT2D eigenvalue weighted by Crippen LogP contribution is -2.46. The molecular formula is C24H25N5O4S. The van der Waals surface area contributed by atoms with Crippen molar-refractivity contribution in [1.29, 1.82) is 0 Å². The molecule has 10 heteroatoms. The van der Waals surface area contributed by atoms with Crippen LogP contribution < -0.4 is 20.3 Å². The number of imide groups is 1. The standard InChI is InChI=1S/C24H25N5O4S/c1-33-20-8-5-17-14-29(23(31)21(17)13-20)15-19(27-24(32)25-16-30)7-6-18-3-2-4-22(26-18)28-9-11-34-12-10-28/h2-5,8,13,16,19H,9-12,14-15H2,1H3,(H2,25,27,30,32)/t19-/m1/s1. The van der Waals surface area contributed by atoms with Gasteiger partial charge in [-0.15, -0.1) is 0 Å². The monoisotopic (exact) mass is 479 g/mol. The van der Waals surface area contributed by atoms with Crippen LogP contribution in [0.3, 0.4) is 0 Å². The predicted molar refractivity (Wildman–Crippen MR) is 130 cm³/mol. The molecule has 0 aliphatic carbocycles. The maximum absolute atomic E-state index is 12.9. The van der Waals surface area contributed by atoms with Gasteiger partial charge in [0, 0.05) is 36.7 Å². The predicted octanol–water partition coefficient (Wildman–Crippen LogP) is 1.48. The Bertz CT molecular complexity index is 1140. The highest BCUT2D eigenvalue weighted by atomic mass is 32.2.